The van der Waals surface area contributed by atoms with E-state index in [1.807, 2.05) is 0 Å². The summed E-state index contributed by atoms with van der Waals surface area (Å²) < 4.78 is 10.9. The molecule has 0 spiro atoms. The standard InChI is InChI=1S/C25H27N3O8/c1-5-36-20-11-15(9-10-19(20)35-4)18(12-21(30)26-13(2)25(33)34)28-23(31)16-7-6-8-17(27-14(3)29)22(16)24(28)32/h6-11,13,18H,5,12H2,1-4H3,(H,26,30)(H,27,29)(H,33,34). The first kappa shape index (κ1) is 26.2. The number of carboxylic acids is 1. The summed E-state index contributed by atoms with van der Waals surface area (Å²) in [6.07, 6.45) is -0.406. The molecule has 11 nitrogen and oxygen atoms in total. The fraction of sp³-hybridized carbons (Fsp3) is 0.320. The molecule has 3 rings (SSSR count). The van der Waals surface area contributed by atoms with Gasteiger partial charge in [-0.3, -0.25) is 28.9 Å². The number of hydrogen-bond acceptors (Lipinski definition) is 7. The van der Waals surface area contributed by atoms with Crippen molar-refractivity contribution in [3.8, 4) is 11.5 Å². The van der Waals surface area contributed by atoms with Gasteiger partial charge in [0.1, 0.15) is 6.04 Å². The molecule has 2 aromatic rings. The van der Waals surface area contributed by atoms with Crippen molar-refractivity contribution in [2.24, 2.45) is 0 Å². The Morgan fingerprint density at radius 3 is 2.42 bits per heavy atom. The lowest BCUT2D eigenvalue weighted by molar-refractivity contribution is -0.141. The maximum absolute atomic E-state index is 13.5. The van der Waals surface area contributed by atoms with Crippen molar-refractivity contribution in [2.45, 2.75) is 39.3 Å². The summed E-state index contributed by atoms with van der Waals surface area (Å²) in [6, 6.07) is 6.98. The minimum absolute atomic E-state index is 0.0144. The molecule has 3 N–H and O–H groups in total. The van der Waals surface area contributed by atoms with E-state index in [4.69, 9.17) is 14.6 Å². The van der Waals surface area contributed by atoms with Crippen LogP contribution in [-0.2, 0) is 14.4 Å². The summed E-state index contributed by atoms with van der Waals surface area (Å²) in [6.45, 7) is 4.67. The highest BCUT2D eigenvalue weighted by atomic mass is 16.5. The number of methoxy groups -OCH3 is 1. The molecule has 1 aliphatic heterocycles. The van der Waals surface area contributed by atoms with E-state index in [1.165, 1.54) is 39.2 Å². The molecule has 11 heteroatoms. The Labute approximate surface area is 207 Å². The average molecular weight is 498 g/mol. The van der Waals surface area contributed by atoms with Gasteiger partial charge < -0.3 is 25.2 Å². The third-order valence-electron chi connectivity index (χ3n) is 5.57. The van der Waals surface area contributed by atoms with Gasteiger partial charge in [-0.1, -0.05) is 12.1 Å². The number of aliphatic carboxylic acids is 1. The number of anilines is 1. The molecule has 0 saturated heterocycles. The monoisotopic (exact) mass is 497 g/mol. The molecule has 2 aromatic carbocycles. The van der Waals surface area contributed by atoms with Gasteiger partial charge in [-0.05, 0) is 43.7 Å². The van der Waals surface area contributed by atoms with Gasteiger partial charge in [0, 0.05) is 6.92 Å². The molecular weight excluding hydrogens is 470 g/mol. The van der Waals surface area contributed by atoms with E-state index in [9.17, 15) is 24.0 Å². The minimum atomic E-state index is -1.23. The van der Waals surface area contributed by atoms with E-state index in [2.05, 4.69) is 10.6 Å². The van der Waals surface area contributed by atoms with Crippen molar-refractivity contribution >= 4 is 35.3 Å². The number of carbonyl (C=O) groups excluding carboxylic acids is 4. The number of hydrogen-bond donors (Lipinski definition) is 3. The Balaban J connectivity index is 2.08. The fourth-order valence-corrected chi connectivity index (χ4v) is 3.95. The van der Waals surface area contributed by atoms with E-state index in [1.54, 1.807) is 25.1 Å². The Bertz CT molecular complexity index is 1230. The maximum Gasteiger partial charge on any atom is 0.325 e. The number of ether oxygens (including phenoxy) is 2. The molecule has 1 heterocycles. The highest BCUT2D eigenvalue weighted by Crippen LogP contribution is 2.39. The Kier molecular flexibility index (Phi) is 7.93. The second kappa shape index (κ2) is 10.9. The van der Waals surface area contributed by atoms with E-state index < -0.39 is 48.1 Å². The largest absolute Gasteiger partial charge is 0.493 e. The minimum Gasteiger partial charge on any atom is -0.493 e. The lowest BCUT2D eigenvalue weighted by Gasteiger charge is -2.27. The predicted octanol–water partition coefficient (Wildman–Crippen LogP) is 2.37. The molecule has 36 heavy (non-hydrogen) atoms. The second-order valence-electron chi connectivity index (χ2n) is 8.08. The summed E-state index contributed by atoms with van der Waals surface area (Å²) in [5.74, 6) is -2.92. The molecule has 4 amide bonds. The van der Waals surface area contributed by atoms with Gasteiger partial charge in [0.15, 0.2) is 11.5 Å². The van der Waals surface area contributed by atoms with Crippen LogP contribution < -0.4 is 20.1 Å². The fourth-order valence-electron chi connectivity index (χ4n) is 3.95. The lowest BCUT2D eigenvalue weighted by Crippen LogP contribution is -2.42. The molecule has 2 atom stereocenters. The first-order chi connectivity index (χ1) is 17.1. The third-order valence-corrected chi connectivity index (χ3v) is 5.57. The van der Waals surface area contributed by atoms with Crippen molar-refractivity contribution in [1.82, 2.24) is 10.2 Å². The van der Waals surface area contributed by atoms with Crippen molar-refractivity contribution in [3.63, 3.8) is 0 Å². The normalized spacial score (nSPS) is 14.1. The van der Waals surface area contributed by atoms with Gasteiger partial charge in [-0.2, -0.15) is 0 Å². The lowest BCUT2D eigenvalue weighted by atomic mass is 10.0. The van der Waals surface area contributed by atoms with E-state index in [0.717, 1.165) is 4.90 Å². The maximum atomic E-state index is 13.5. The molecule has 0 saturated carbocycles. The summed E-state index contributed by atoms with van der Waals surface area (Å²) in [7, 11) is 1.46. The van der Waals surface area contributed by atoms with Crippen molar-refractivity contribution in [1.29, 1.82) is 0 Å². The van der Waals surface area contributed by atoms with Crippen LogP contribution in [0.25, 0.3) is 0 Å². The summed E-state index contributed by atoms with van der Waals surface area (Å²) in [5, 5.41) is 14.1. The second-order valence-corrected chi connectivity index (χ2v) is 8.08. The number of rotatable bonds is 10. The predicted molar refractivity (Wildman–Crippen MR) is 128 cm³/mol. The quantitative estimate of drug-likeness (QED) is 0.423. The van der Waals surface area contributed by atoms with Crippen molar-refractivity contribution < 1.29 is 38.6 Å². The van der Waals surface area contributed by atoms with Gasteiger partial charge in [0.05, 0.1) is 43.0 Å². The highest BCUT2D eigenvalue weighted by molar-refractivity contribution is 6.24. The topological polar surface area (TPSA) is 151 Å². The molecule has 0 radical (unpaired) electrons. The molecule has 0 fully saturated rings. The number of carbonyl (C=O) groups is 5. The van der Waals surface area contributed by atoms with Crippen LogP contribution in [-0.4, -0.2) is 59.4 Å². The SMILES string of the molecule is CCOc1cc(C(CC(=O)NC(C)C(=O)O)N2C(=O)c3cccc(NC(C)=O)c3C2=O)ccc1OC. The molecule has 0 aromatic heterocycles. The molecule has 190 valence electrons. The van der Waals surface area contributed by atoms with Crippen LogP contribution in [0.2, 0.25) is 0 Å². The average Bonchev–Trinajstić information content (AvgIpc) is 3.08. The molecule has 1 aliphatic rings. The number of carboxylic acid groups (broad SMARTS) is 1. The van der Waals surface area contributed by atoms with Crippen LogP contribution in [0.15, 0.2) is 36.4 Å². The van der Waals surface area contributed by atoms with E-state index in [0.29, 0.717) is 23.7 Å². The van der Waals surface area contributed by atoms with E-state index >= 15 is 0 Å². The van der Waals surface area contributed by atoms with Gasteiger partial charge in [-0.25, -0.2) is 0 Å². The van der Waals surface area contributed by atoms with Gasteiger partial charge >= 0.3 is 5.97 Å². The van der Waals surface area contributed by atoms with Gasteiger partial charge in [0.2, 0.25) is 11.8 Å². The summed E-state index contributed by atoms with van der Waals surface area (Å²) in [5.41, 5.74) is 0.663. The van der Waals surface area contributed by atoms with Crippen molar-refractivity contribution in [2.75, 3.05) is 19.0 Å². The number of imide groups is 1. The number of benzene rings is 2. The van der Waals surface area contributed by atoms with Gasteiger partial charge in [-0.15, -0.1) is 0 Å². The highest BCUT2D eigenvalue weighted by Gasteiger charge is 2.43. The zero-order valence-electron chi connectivity index (χ0n) is 20.3. The number of fused-ring (bicyclic) bond motifs is 1. The van der Waals surface area contributed by atoms with Gasteiger partial charge in [0.25, 0.3) is 11.8 Å². The van der Waals surface area contributed by atoms with Crippen LogP contribution in [0, 0.1) is 0 Å². The Morgan fingerprint density at radius 2 is 1.81 bits per heavy atom. The van der Waals surface area contributed by atoms with Crippen LogP contribution >= 0.6 is 0 Å². The Hall–Kier alpha value is -4.41. The van der Waals surface area contributed by atoms with Crippen LogP contribution in [0.1, 0.15) is 59.5 Å². The third kappa shape index (κ3) is 5.29. The molecular formula is C25H27N3O8. The molecule has 0 aliphatic carbocycles. The Morgan fingerprint density at radius 1 is 1.08 bits per heavy atom. The first-order valence-corrected chi connectivity index (χ1v) is 11.2. The number of nitrogens with one attached hydrogen (secondary N) is 2. The molecule has 2 unspecified atom stereocenters. The molecule has 0 bridgehead atoms. The van der Waals surface area contributed by atoms with Crippen LogP contribution in [0.5, 0.6) is 11.5 Å². The van der Waals surface area contributed by atoms with Crippen molar-refractivity contribution in [3.05, 3.63) is 53.1 Å². The zero-order valence-corrected chi connectivity index (χ0v) is 20.3. The number of nitrogens with zero attached hydrogens (tertiary/aromatic N) is 1. The summed E-state index contributed by atoms with van der Waals surface area (Å²) in [4.78, 5) is 63.6. The first-order valence-electron chi connectivity index (χ1n) is 11.2. The zero-order chi connectivity index (χ0) is 26.6. The van der Waals surface area contributed by atoms with E-state index in [-0.39, 0.29) is 16.8 Å². The van der Waals surface area contributed by atoms with Crippen LogP contribution in [0.4, 0.5) is 5.69 Å². The number of amides is 4. The smallest absolute Gasteiger partial charge is 0.325 e. The summed E-state index contributed by atoms with van der Waals surface area (Å²) >= 11 is 0. The van der Waals surface area contributed by atoms with Crippen LogP contribution in [0.3, 0.4) is 0 Å².